The average molecular weight is 383 g/mol. The molecule has 0 atom stereocenters. The summed E-state index contributed by atoms with van der Waals surface area (Å²) in [5.41, 5.74) is 1.91. The Labute approximate surface area is 161 Å². The van der Waals surface area contributed by atoms with Crippen LogP contribution >= 0.6 is 23.2 Å². The van der Waals surface area contributed by atoms with Gasteiger partial charge in [-0.25, -0.2) is 0 Å². The number of hydrogen-bond donors (Lipinski definition) is 2. The molecule has 0 bridgehead atoms. The van der Waals surface area contributed by atoms with Gasteiger partial charge in [-0.3, -0.25) is 0 Å². The molecule has 2 nitrogen and oxygen atoms in total. The lowest BCUT2D eigenvalue weighted by atomic mass is 10.1. The quantitative estimate of drug-likeness (QED) is 0.498. The Bertz CT molecular complexity index is 642. The number of benzene rings is 2. The first-order chi connectivity index (χ1) is 12.0. The second-order valence-electron chi connectivity index (χ2n) is 6.11. The van der Waals surface area contributed by atoms with Crippen LogP contribution in [0, 0.1) is 0 Å². The van der Waals surface area contributed by atoms with Gasteiger partial charge in [-0.1, -0.05) is 56.3 Å². The van der Waals surface area contributed by atoms with Crippen molar-refractivity contribution in [2.45, 2.75) is 58.8 Å². The molecule has 0 radical (unpaired) electrons. The summed E-state index contributed by atoms with van der Waals surface area (Å²) >= 11 is 11.6. The van der Waals surface area contributed by atoms with E-state index in [0.717, 1.165) is 43.2 Å². The Kier molecular flexibility index (Phi) is 10.4. The van der Waals surface area contributed by atoms with E-state index in [1.54, 1.807) is 24.3 Å². The molecule has 0 saturated carbocycles. The van der Waals surface area contributed by atoms with Crippen molar-refractivity contribution >= 4 is 23.2 Å². The number of rotatable bonds is 7. The van der Waals surface area contributed by atoms with E-state index >= 15 is 0 Å². The summed E-state index contributed by atoms with van der Waals surface area (Å²) in [5, 5.41) is 20.3. The number of halogens is 2. The van der Waals surface area contributed by atoms with Crippen molar-refractivity contribution in [3.05, 3.63) is 57.6 Å². The molecule has 2 rings (SSSR count). The summed E-state index contributed by atoms with van der Waals surface area (Å²) in [4.78, 5) is 0. The first kappa shape index (κ1) is 21.7. The van der Waals surface area contributed by atoms with Crippen LogP contribution in [-0.2, 0) is 12.8 Å². The maximum absolute atomic E-state index is 9.48. The second kappa shape index (κ2) is 12.1. The van der Waals surface area contributed by atoms with Crippen molar-refractivity contribution in [1.29, 1.82) is 0 Å². The van der Waals surface area contributed by atoms with Crippen LogP contribution in [0.2, 0.25) is 10.0 Å². The minimum atomic E-state index is 0.354. The van der Waals surface area contributed by atoms with Crippen molar-refractivity contribution in [3.63, 3.8) is 0 Å². The number of phenolic OH excluding ortho intramolecular Hbond substituents is 2. The van der Waals surface area contributed by atoms with Gasteiger partial charge in [0.15, 0.2) is 0 Å². The smallest absolute Gasteiger partial charge is 0.118 e. The van der Waals surface area contributed by atoms with Gasteiger partial charge < -0.3 is 10.2 Å². The highest BCUT2D eigenvalue weighted by Crippen LogP contribution is 2.23. The van der Waals surface area contributed by atoms with Crippen molar-refractivity contribution < 1.29 is 10.2 Å². The third-order valence-electron chi connectivity index (χ3n) is 3.93. The topological polar surface area (TPSA) is 40.5 Å². The third kappa shape index (κ3) is 8.51. The molecule has 138 valence electrons. The SMILES string of the molecule is CCCCCc1cc(Cl)ccc1O.CCCCc1cc(Cl)ccc1O. The summed E-state index contributed by atoms with van der Waals surface area (Å²) in [5.74, 6) is 0.716. The first-order valence-electron chi connectivity index (χ1n) is 8.92. The molecular weight excluding hydrogens is 355 g/mol. The van der Waals surface area contributed by atoms with E-state index in [4.69, 9.17) is 23.2 Å². The summed E-state index contributed by atoms with van der Waals surface area (Å²) in [7, 11) is 0. The summed E-state index contributed by atoms with van der Waals surface area (Å²) < 4.78 is 0. The van der Waals surface area contributed by atoms with Crippen LogP contribution in [0.4, 0.5) is 0 Å². The number of hydrogen-bond acceptors (Lipinski definition) is 2. The molecule has 0 saturated heterocycles. The molecule has 4 heteroatoms. The molecule has 0 aliphatic heterocycles. The maximum Gasteiger partial charge on any atom is 0.118 e. The van der Waals surface area contributed by atoms with Crippen LogP contribution in [0.15, 0.2) is 36.4 Å². The Hall–Kier alpha value is -1.38. The largest absolute Gasteiger partial charge is 0.508 e. The predicted octanol–water partition coefficient (Wildman–Crippen LogP) is 7.17. The summed E-state index contributed by atoms with van der Waals surface area (Å²) in [6.45, 7) is 4.29. The van der Waals surface area contributed by atoms with E-state index < -0.39 is 0 Å². The van der Waals surface area contributed by atoms with Crippen LogP contribution in [0.25, 0.3) is 0 Å². The zero-order chi connectivity index (χ0) is 18.7. The number of unbranched alkanes of at least 4 members (excludes halogenated alkanes) is 3. The zero-order valence-electron chi connectivity index (χ0n) is 15.1. The molecule has 0 aromatic heterocycles. The molecule has 2 aromatic carbocycles. The molecule has 0 aliphatic carbocycles. The molecule has 2 aromatic rings. The van der Waals surface area contributed by atoms with E-state index in [9.17, 15) is 10.2 Å². The lowest BCUT2D eigenvalue weighted by Gasteiger charge is -2.03. The monoisotopic (exact) mass is 382 g/mol. The van der Waals surface area contributed by atoms with Gasteiger partial charge in [0.25, 0.3) is 0 Å². The number of aromatic hydroxyl groups is 2. The average Bonchev–Trinajstić information content (AvgIpc) is 2.59. The Morgan fingerprint density at radius 1 is 0.680 bits per heavy atom. The minimum absolute atomic E-state index is 0.354. The normalized spacial score (nSPS) is 10.2. The number of aryl methyl sites for hydroxylation is 2. The molecule has 0 heterocycles. The molecular formula is C21H28Cl2O2. The first-order valence-corrected chi connectivity index (χ1v) is 9.68. The minimum Gasteiger partial charge on any atom is -0.508 e. The summed E-state index contributed by atoms with van der Waals surface area (Å²) in [6.07, 6.45) is 7.56. The van der Waals surface area contributed by atoms with Gasteiger partial charge in [-0.05, 0) is 73.2 Å². The maximum atomic E-state index is 9.48. The van der Waals surface area contributed by atoms with Crippen molar-refractivity contribution in [1.82, 2.24) is 0 Å². The number of phenols is 2. The summed E-state index contributed by atoms with van der Waals surface area (Å²) in [6, 6.07) is 10.4. The van der Waals surface area contributed by atoms with Crippen LogP contribution in [0.1, 0.15) is 57.1 Å². The van der Waals surface area contributed by atoms with E-state index in [2.05, 4.69) is 13.8 Å². The predicted molar refractivity (Wildman–Crippen MR) is 108 cm³/mol. The van der Waals surface area contributed by atoms with Crippen LogP contribution < -0.4 is 0 Å². The fourth-order valence-electron chi connectivity index (χ4n) is 2.44. The Morgan fingerprint density at radius 3 is 1.56 bits per heavy atom. The van der Waals surface area contributed by atoms with Gasteiger partial charge in [-0.2, -0.15) is 0 Å². The lowest BCUT2D eigenvalue weighted by Crippen LogP contribution is -1.86. The van der Waals surface area contributed by atoms with Gasteiger partial charge >= 0.3 is 0 Å². The molecule has 0 aliphatic rings. The molecule has 25 heavy (non-hydrogen) atoms. The fourth-order valence-corrected chi connectivity index (χ4v) is 2.83. The van der Waals surface area contributed by atoms with Crippen LogP contribution in [0.5, 0.6) is 11.5 Å². The molecule has 2 N–H and O–H groups in total. The van der Waals surface area contributed by atoms with E-state index in [1.807, 2.05) is 12.1 Å². The van der Waals surface area contributed by atoms with Gasteiger partial charge in [0.1, 0.15) is 11.5 Å². The van der Waals surface area contributed by atoms with Crippen molar-refractivity contribution in [3.8, 4) is 11.5 Å². The van der Waals surface area contributed by atoms with E-state index in [1.165, 1.54) is 12.8 Å². The van der Waals surface area contributed by atoms with Crippen LogP contribution in [0.3, 0.4) is 0 Å². The molecule has 0 spiro atoms. The zero-order valence-corrected chi connectivity index (χ0v) is 16.6. The van der Waals surface area contributed by atoms with Crippen LogP contribution in [-0.4, -0.2) is 10.2 Å². The molecule has 0 fully saturated rings. The van der Waals surface area contributed by atoms with Gasteiger partial charge in [0, 0.05) is 10.0 Å². The van der Waals surface area contributed by atoms with Gasteiger partial charge in [-0.15, -0.1) is 0 Å². The Balaban J connectivity index is 0.000000251. The van der Waals surface area contributed by atoms with Crippen molar-refractivity contribution in [2.75, 3.05) is 0 Å². The van der Waals surface area contributed by atoms with E-state index in [-0.39, 0.29) is 0 Å². The highest BCUT2D eigenvalue weighted by atomic mass is 35.5. The third-order valence-corrected chi connectivity index (χ3v) is 4.40. The van der Waals surface area contributed by atoms with Gasteiger partial charge in [0.05, 0.1) is 0 Å². The fraction of sp³-hybridized carbons (Fsp3) is 0.429. The van der Waals surface area contributed by atoms with Gasteiger partial charge in [0.2, 0.25) is 0 Å². The highest BCUT2D eigenvalue weighted by molar-refractivity contribution is 6.31. The molecule has 0 unspecified atom stereocenters. The standard InChI is InChI=1S/C11H15ClO.C10H13ClO/c1-2-3-4-5-9-8-10(12)6-7-11(9)13;1-2-3-4-8-7-9(11)5-6-10(8)12/h6-8,13H,2-5H2,1H3;5-7,12H,2-4H2,1H3. The second-order valence-corrected chi connectivity index (χ2v) is 6.98. The van der Waals surface area contributed by atoms with E-state index in [0.29, 0.717) is 21.5 Å². The lowest BCUT2D eigenvalue weighted by molar-refractivity contribution is 0.466. The highest BCUT2D eigenvalue weighted by Gasteiger charge is 2.01. The molecule has 0 amide bonds. The Morgan fingerprint density at radius 2 is 1.12 bits per heavy atom. The van der Waals surface area contributed by atoms with Crippen molar-refractivity contribution in [2.24, 2.45) is 0 Å².